The Bertz CT molecular complexity index is 1020. The highest BCUT2D eigenvalue weighted by molar-refractivity contribution is 7.80. The van der Waals surface area contributed by atoms with Gasteiger partial charge in [0, 0.05) is 11.4 Å². The molecule has 0 amide bonds. The topological polar surface area (TPSA) is 87.4 Å². The third-order valence-electron chi connectivity index (χ3n) is 4.79. The van der Waals surface area contributed by atoms with E-state index in [9.17, 15) is 0 Å². The van der Waals surface area contributed by atoms with E-state index in [2.05, 4.69) is 50.2 Å². The van der Waals surface area contributed by atoms with Gasteiger partial charge in [0.2, 0.25) is 11.9 Å². The largest absolute Gasteiger partial charge is 0.467 e. The number of aromatic nitrogens is 2. The number of anilines is 1. The summed E-state index contributed by atoms with van der Waals surface area (Å²) >= 11 is 5.46. The zero-order valence-electron chi connectivity index (χ0n) is 17.0. The molecule has 30 heavy (non-hydrogen) atoms. The average molecular weight is 421 g/mol. The van der Waals surface area contributed by atoms with Crippen LogP contribution in [0.1, 0.15) is 28.3 Å². The fourth-order valence-electron chi connectivity index (χ4n) is 3.53. The van der Waals surface area contributed by atoms with E-state index in [-0.39, 0.29) is 6.04 Å². The zero-order chi connectivity index (χ0) is 20.9. The smallest absolute Gasteiger partial charge is 0.229 e. The van der Waals surface area contributed by atoms with Gasteiger partial charge in [0.1, 0.15) is 5.76 Å². The normalized spacial score (nSPS) is 13.7. The summed E-state index contributed by atoms with van der Waals surface area (Å²) in [5.74, 6) is 1.81. The lowest BCUT2D eigenvalue weighted by Gasteiger charge is -2.15. The van der Waals surface area contributed by atoms with Crippen molar-refractivity contribution in [1.82, 2.24) is 20.6 Å². The molecule has 0 spiro atoms. The van der Waals surface area contributed by atoms with Crippen molar-refractivity contribution in [1.29, 1.82) is 0 Å². The minimum atomic E-state index is 0.121. The van der Waals surface area contributed by atoms with E-state index in [1.54, 1.807) is 6.26 Å². The van der Waals surface area contributed by atoms with Gasteiger partial charge in [0.15, 0.2) is 5.11 Å². The van der Waals surface area contributed by atoms with Gasteiger partial charge in [0.05, 0.1) is 18.8 Å². The number of furan rings is 1. The van der Waals surface area contributed by atoms with Crippen molar-refractivity contribution in [3.63, 3.8) is 0 Å². The standard InChI is InChI=1S/C22H24N6OS/c1-14-10-15(2)25-20(24-14)27-21(28-22(30)23-13-19-8-5-9-29-19)26-18-11-16-6-3-4-7-17(16)12-18/h3-10,18H,11-13H2,1-2H3,(H3,23,24,25,26,27,28,30). The first kappa shape index (κ1) is 20.0. The number of aryl methyl sites for hydroxylation is 2. The molecule has 0 bridgehead atoms. The lowest BCUT2D eigenvalue weighted by Crippen LogP contribution is -2.43. The molecular weight excluding hydrogens is 396 g/mol. The highest BCUT2D eigenvalue weighted by Gasteiger charge is 2.21. The summed E-state index contributed by atoms with van der Waals surface area (Å²) in [6, 6.07) is 14.2. The van der Waals surface area contributed by atoms with E-state index in [4.69, 9.17) is 21.6 Å². The van der Waals surface area contributed by atoms with Crippen LogP contribution in [0.3, 0.4) is 0 Å². The molecule has 1 aliphatic carbocycles. The third kappa shape index (κ3) is 5.21. The Labute approximate surface area is 181 Å². The minimum absolute atomic E-state index is 0.121. The van der Waals surface area contributed by atoms with Crippen LogP contribution in [0.2, 0.25) is 0 Å². The number of guanidine groups is 1. The molecule has 2 heterocycles. The molecule has 0 fully saturated rings. The molecule has 0 unspecified atom stereocenters. The van der Waals surface area contributed by atoms with Crippen molar-refractivity contribution in [3.05, 3.63) is 77.0 Å². The predicted molar refractivity (Wildman–Crippen MR) is 121 cm³/mol. The Morgan fingerprint density at radius 1 is 1.10 bits per heavy atom. The lowest BCUT2D eigenvalue weighted by atomic mass is 10.1. The van der Waals surface area contributed by atoms with E-state index in [1.807, 2.05) is 32.0 Å². The summed E-state index contributed by atoms with van der Waals surface area (Å²) in [6.45, 7) is 4.36. The fourth-order valence-corrected chi connectivity index (χ4v) is 3.69. The summed E-state index contributed by atoms with van der Waals surface area (Å²) in [5.41, 5.74) is 4.45. The van der Waals surface area contributed by atoms with E-state index < -0.39 is 0 Å². The summed E-state index contributed by atoms with van der Waals surface area (Å²) in [4.78, 5) is 13.8. The predicted octanol–water partition coefficient (Wildman–Crippen LogP) is 3.29. The number of nitrogens with zero attached hydrogens (tertiary/aromatic N) is 3. The number of hydrogen-bond acceptors (Lipinski definition) is 5. The first-order valence-corrected chi connectivity index (χ1v) is 10.3. The van der Waals surface area contributed by atoms with Crippen molar-refractivity contribution < 1.29 is 4.42 Å². The maximum Gasteiger partial charge on any atom is 0.229 e. The molecule has 4 rings (SSSR count). The first-order valence-electron chi connectivity index (χ1n) is 9.86. The molecule has 3 aromatic rings. The van der Waals surface area contributed by atoms with Crippen LogP contribution < -0.4 is 16.0 Å². The van der Waals surface area contributed by atoms with Crippen LogP contribution in [0.25, 0.3) is 0 Å². The van der Waals surface area contributed by atoms with Crippen molar-refractivity contribution in [3.8, 4) is 0 Å². The highest BCUT2D eigenvalue weighted by Crippen LogP contribution is 2.23. The molecule has 8 heteroatoms. The molecule has 7 nitrogen and oxygen atoms in total. The van der Waals surface area contributed by atoms with Gasteiger partial charge >= 0.3 is 0 Å². The quantitative estimate of drug-likeness (QED) is 0.339. The lowest BCUT2D eigenvalue weighted by molar-refractivity contribution is 0.503. The van der Waals surface area contributed by atoms with Gasteiger partial charge in [-0.25, -0.2) is 15.0 Å². The molecule has 0 radical (unpaired) electrons. The summed E-state index contributed by atoms with van der Waals surface area (Å²) in [7, 11) is 0. The molecule has 0 saturated carbocycles. The SMILES string of the molecule is Cc1cc(C)nc(NC(=NC2Cc3ccccc3C2)NC(=S)NCc2ccco2)n1. The van der Waals surface area contributed by atoms with Crippen LogP contribution in [0.4, 0.5) is 5.95 Å². The minimum Gasteiger partial charge on any atom is -0.467 e. The molecule has 0 aliphatic heterocycles. The summed E-state index contributed by atoms with van der Waals surface area (Å²) in [5, 5.41) is 9.94. The van der Waals surface area contributed by atoms with Gasteiger partial charge in [-0.15, -0.1) is 0 Å². The number of nitrogens with one attached hydrogen (secondary N) is 3. The van der Waals surface area contributed by atoms with Gasteiger partial charge in [-0.1, -0.05) is 24.3 Å². The Morgan fingerprint density at radius 3 is 2.43 bits per heavy atom. The van der Waals surface area contributed by atoms with Crippen molar-refractivity contribution in [2.24, 2.45) is 4.99 Å². The van der Waals surface area contributed by atoms with Crippen LogP contribution in [0.15, 0.2) is 58.1 Å². The Hall–Kier alpha value is -3.26. The average Bonchev–Trinajstić information content (AvgIpc) is 3.34. The zero-order valence-corrected chi connectivity index (χ0v) is 17.8. The second-order valence-electron chi connectivity index (χ2n) is 7.29. The van der Waals surface area contributed by atoms with E-state index in [0.717, 1.165) is 30.0 Å². The third-order valence-corrected chi connectivity index (χ3v) is 5.04. The summed E-state index contributed by atoms with van der Waals surface area (Å²) in [6.07, 6.45) is 3.42. The highest BCUT2D eigenvalue weighted by atomic mass is 32.1. The number of rotatable bonds is 4. The Kier molecular flexibility index (Phi) is 6.04. The molecule has 154 valence electrons. The number of thiocarbonyl (C=S) groups is 1. The molecule has 3 N–H and O–H groups in total. The van der Waals surface area contributed by atoms with Crippen molar-refractivity contribution >= 4 is 29.2 Å². The molecular formula is C22H24N6OS. The van der Waals surface area contributed by atoms with Crippen molar-refractivity contribution in [2.75, 3.05) is 5.32 Å². The maximum absolute atomic E-state index is 5.46. The van der Waals surface area contributed by atoms with Gasteiger partial charge in [-0.3, -0.25) is 5.32 Å². The molecule has 1 aliphatic rings. The monoisotopic (exact) mass is 420 g/mol. The number of aliphatic imine (C=N–C) groups is 1. The Morgan fingerprint density at radius 2 is 1.80 bits per heavy atom. The summed E-state index contributed by atoms with van der Waals surface area (Å²) < 4.78 is 5.34. The van der Waals surface area contributed by atoms with Crippen LogP contribution in [-0.2, 0) is 19.4 Å². The van der Waals surface area contributed by atoms with Crippen LogP contribution in [0, 0.1) is 13.8 Å². The van der Waals surface area contributed by atoms with Crippen molar-refractivity contribution in [2.45, 2.75) is 39.3 Å². The number of fused-ring (bicyclic) bond motifs is 1. The first-order chi connectivity index (χ1) is 14.5. The van der Waals surface area contributed by atoms with E-state index in [1.165, 1.54) is 11.1 Å². The van der Waals surface area contributed by atoms with Gasteiger partial charge < -0.3 is 15.1 Å². The molecule has 1 aromatic carbocycles. The van der Waals surface area contributed by atoms with Crippen LogP contribution in [0.5, 0.6) is 0 Å². The van der Waals surface area contributed by atoms with Crippen LogP contribution >= 0.6 is 12.2 Å². The number of hydrogen-bond donors (Lipinski definition) is 3. The van der Waals surface area contributed by atoms with Gasteiger partial charge in [-0.2, -0.15) is 0 Å². The second kappa shape index (κ2) is 9.04. The van der Waals surface area contributed by atoms with Crippen LogP contribution in [-0.4, -0.2) is 27.1 Å². The van der Waals surface area contributed by atoms with Gasteiger partial charge in [0.25, 0.3) is 0 Å². The number of benzene rings is 1. The maximum atomic E-state index is 5.46. The van der Waals surface area contributed by atoms with Gasteiger partial charge in [-0.05, 0) is 68.2 Å². The molecule has 0 saturated heterocycles. The fraction of sp³-hybridized carbons (Fsp3) is 0.273. The second-order valence-corrected chi connectivity index (χ2v) is 7.70. The Balaban J connectivity index is 1.49. The molecule has 0 atom stereocenters. The van der Waals surface area contributed by atoms with E-state index in [0.29, 0.717) is 23.6 Å². The van der Waals surface area contributed by atoms with E-state index >= 15 is 0 Å². The molecule has 2 aromatic heterocycles.